The molecule has 31 heavy (non-hydrogen) atoms. The number of benzene rings is 2. The quantitative estimate of drug-likeness (QED) is 0.638. The summed E-state index contributed by atoms with van der Waals surface area (Å²) in [6, 6.07) is 17.9. The smallest absolute Gasteiger partial charge is 0.246 e. The van der Waals surface area contributed by atoms with Crippen molar-refractivity contribution < 1.29 is 13.2 Å². The highest BCUT2D eigenvalue weighted by atomic mass is 32.2. The van der Waals surface area contributed by atoms with E-state index in [9.17, 15) is 13.2 Å². The molecule has 0 bridgehead atoms. The standard InChI is InChI=1S/C25H30N2O3S/c28-25(26-18-15-23(16-19-26)8-7-21-5-2-1-3-6-21)14-11-22-9-12-24(13-10-22)27-17-4-20-31(27,29)30/h1-3,5-6,9-14,23H,4,7-8,15-20H2/b14-11+. The van der Waals surface area contributed by atoms with Crippen LogP contribution in [0.1, 0.15) is 36.8 Å². The van der Waals surface area contributed by atoms with Gasteiger partial charge in [0.15, 0.2) is 0 Å². The fraction of sp³-hybridized carbons (Fsp3) is 0.400. The van der Waals surface area contributed by atoms with Gasteiger partial charge >= 0.3 is 0 Å². The van der Waals surface area contributed by atoms with Crippen LogP contribution in [0.5, 0.6) is 0 Å². The summed E-state index contributed by atoms with van der Waals surface area (Å²) in [7, 11) is -3.16. The zero-order valence-corrected chi connectivity index (χ0v) is 18.6. The van der Waals surface area contributed by atoms with E-state index in [4.69, 9.17) is 0 Å². The topological polar surface area (TPSA) is 57.7 Å². The second-order valence-electron chi connectivity index (χ2n) is 8.46. The molecule has 2 aromatic rings. The Morgan fingerprint density at radius 2 is 1.68 bits per heavy atom. The Kier molecular flexibility index (Phi) is 6.76. The number of amides is 1. The molecule has 6 heteroatoms. The molecule has 2 fully saturated rings. The van der Waals surface area contributed by atoms with E-state index in [0.717, 1.165) is 37.9 Å². The molecule has 0 atom stereocenters. The first-order valence-corrected chi connectivity index (χ1v) is 12.7. The largest absolute Gasteiger partial charge is 0.339 e. The van der Waals surface area contributed by atoms with E-state index in [-0.39, 0.29) is 11.7 Å². The molecule has 2 aliphatic rings. The number of carbonyl (C=O) groups is 1. The molecule has 0 N–H and O–H groups in total. The number of hydrogen-bond donors (Lipinski definition) is 0. The molecule has 2 aromatic carbocycles. The van der Waals surface area contributed by atoms with Gasteiger partial charge in [0.2, 0.25) is 15.9 Å². The van der Waals surface area contributed by atoms with Gasteiger partial charge in [-0.1, -0.05) is 42.5 Å². The summed E-state index contributed by atoms with van der Waals surface area (Å²) in [6.07, 6.45) is 8.52. The molecule has 2 aliphatic heterocycles. The molecule has 0 unspecified atom stereocenters. The first kappa shape index (κ1) is 21.6. The highest BCUT2D eigenvalue weighted by Gasteiger charge is 2.28. The third kappa shape index (κ3) is 5.56. The summed E-state index contributed by atoms with van der Waals surface area (Å²) in [5.74, 6) is 0.946. The number of nitrogens with zero attached hydrogens (tertiary/aromatic N) is 2. The Morgan fingerprint density at radius 1 is 0.968 bits per heavy atom. The van der Waals surface area contributed by atoms with Crippen molar-refractivity contribution in [3.8, 4) is 0 Å². The Hall–Kier alpha value is -2.60. The number of rotatable bonds is 6. The van der Waals surface area contributed by atoms with Crippen molar-refractivity contribution in [3.63, 3.8) is 0 Å². The number of hydrogen-bond acceptors (Lipinski definition) is 3. The van der Waals surface area contributed by atoms with Crippen LogP contribution >= 0.6 is 0 Å². The van der Waals surface area contributed by atoms with Gasteiger partial charge in [-0.15, -0.1) is 0 Å². The zero-order valence-electron chi connectivity index (χ0n) is 17.8. The van der Waals surface area contributed by atoms with Gasteiger partial charge < -0.3 is 4.90 Å². The van der Waals surface area contributed by atoms with Crippen LogP contribution in [0.3, 0.4) is 0 Å². The van der Waals surface area contributed by atoms with E-state index in [1.165, 1.54) is 16.3 Å². The molecule has 2 saturated heterocycles. The van der Waals surface area contributed by atoms with Gasteiger partial charge in [-0.3, -0.25) is 9.10 Å². The van der Waals surface area contributed by atoms with Gasteiger partial charge in [-0.2, -0.15) is 0 Å². The lowest BCUT2D eigenvalue weighted by atomic mass is 9.90. The van der Waals surface area contributed by atoms with E-state index in [1.54, 1.807) is 6.08 Å². The summed E-state index contributed by atoms with van der Waals surface area (Å²) < 4.78 is 25.5. The van der Waals surface area contributed by atoms with Crippen LogP contribution in [0.15, 0.2) is 60.7 Å². The van der Waals surface area contributed by atoms with Crippen LogP contribution in [-0.2, 0) is 21.2 Å². The molecule has 0 aromatic heterocycles. The maximum atomic E-state index is 12.6. The summed E-state index contributed by atoms with van der Waals surface area (Å²) >= 11 is 0. The average molecular weight is 439 g/mol. The predicted octanol–water partition coefficient (Wildman–Crippen LogP) is 4.11. The minimum atomic E-state index is -3.16. The number of anilines is 1. The Labute approximate surface area is 185 Å². The highest BCUT2D eigenvalue weighted by Crippen LogP contribution is 2.25. The first-order chi connectivity index (χ1) is 15.0. The number of carbonyl (C=O) groups excluding carboxylic acids is 1. The van der Waals surface area contributed by atoms with Crippen LogP contribution < -0.4 is 4.31 Å². The van der Waals surface area contributed by atoms with Crippen molar-refractivity contribution in [1.82, 2.24) is 4.90 Å². The molecule has 1 amide bonds. The van der Waals surface area contributed by atoms with E-state index in [0.29, 0.717) is 24.6 Å². The van der Waals surface area contributed by atoms with Crippen LogP contribution in [0.2, 0.25) is 0 Å². The number of sulfonamides is 1. The highest BCUT2D eigenvalue weighted by molar-refractivity contribution is 7.93. The summed E-state index contributed by atoms with van der Waals surface area (Å²) in [5, 5.41) is 0. The molecular formula is C25H30N2O3S. The predicted molar refractivity (Wildman–Crippen MR) is 125 cm³/mol. The minimum Gasteiger partial charge on any atom is -0.339 e. The lowest BCUT2D eigenvalue weighted by Crippen LogP contribution is -2.37. The third-order valence-corrected chi connectivity index (χ3v) is 8.18. The lowest BCUT2D eigenvalue weighted by Gasteiger charge is -2.31. The third-order valence-electron chi connectivity index (χ3n) is 6.31. The van der Waals surface area contributed by atoms with E-state index >= 15 is 0 Å². The van der Waals surface area contributed by atoms with Gasteiger partial charge in [0.1, 0.15) is 0 Å². The Bertz CT molecular complexity index is 1010. The molecule has 5 nitrogen and oxygen atoms in total. The molecule has 4 rings (SSSR count). The Morgan fingerprint density at radius 3 is 2.32 bits per heavy atom. The van der Waals surface area contributed by atoms with Crippen molar-refractivity contribution in [2.75, 3.05) is 29.7 Å². The molecule has 0 spiro atoms. The van der Waals surface area contributed by atoms with Crippen molar-refractivity contribution in [3.05, 3.63) is 71.8 Å². The summed E-state index contributed by atoms with van der Waals surface area (Å²) in [4.78, 5) is 14.5. The molecule has 2 heterocycles. The number of piperidine rings is 1. The lowest BCUT2D eigenvalue weighted by molar-refractivity contribution is -0.127. The van der Waals surface area contributed by atoms with E-state index < -0.39 is 10.0 Å². The zero-order chi connectivity index (χ0) is 21.7. The fourth-order valence-electron chi connectivity index (χ4n) is 4.41. The van der Waals surface area contributed by atoms with Crippen LogP contribution in [0.4, 0.5) is 5.69 Å². The molecule has 0 saturated carbocycles. The second kappa shape index (κ2) is 9.69. The van der Waals surface area contributed by atoms with Crippen molar-refractivity contribution in [2.24, 2.45) is 5.92 Å². The van der Waals surface area contributed by atoms with Crippen LogP contribution in [0, 0.1) is 5.92 Å². The van der Waals surface area contributed by atoms with Gasteiger partial charge in [-0.05, 0) is 67.4 Å². The second-order valence-corrected chi connectivity index (χ2v) is 10.5. The number of likely N-dealkylation sites (tertiary alicyclic amines) is 1. The molecule has 0 radical (unpaired) electrons. The maximum absolute atomic E-state index is 12.6. The summed E-state index contributed by atoms with van der Waals surface area (Å²) in [6.45, 7) is 2.17. The Balaban J connectivity index is 1.25. The molecule has 0 aliphatic carbocycles. The molecule has 164 valence electrons. The minimum absolute atomic E-state index is 0.0488. The monoisotopic (exact) mass is 438 g/mol. The van der Waals surface area contributed by atoms with Gasteiger partial charge in [0.25, 0.3) is 0 Å². The van der Waals surface area contributed by atoms with Gasteiger partial charge in [0, 0.05) is 25.7 Å². The van der Waals surface area contributed by atoms with Gasteiger partial charge in [0.05, 0.1) is 11.4 Å². The number of aryl methyl sites for hydroxylation is 1. The SMILES string of the molecule is O=C(/C=C/c1ccc(N2CCCS2(=O)=O)cc1)N1CCC(CCc2ccccc2)CC1. The van der Waals surface area contributed by atoms with Crippen LogP contribution in [-0.4, -0.2) is 44.6 Å². The average Bonchev–Trinajstić information content (AvgIpc) is 3.16. The van der Waals surface area contributed by atoms with E-state index in [1.807, 2.05) is 41.3 Å². The normalized spacial score (nSPS) is 19.2. The van der Waals surface area contributed by atoms with Gasteiger partial charge in [-0.25, -0.2) is 8.42 Å². The molecular weight excluding hydrogens is 408 g/mol. The van der Waals surface area contributed by atoms with E-state index in [2.05, 4.69) is 24.3 Å². The van der Waals surface area contributed by atoms with Crippen LogP contribution in [0.25, 0.3) is 6.08 Å². The summed E-state index contributed by atoms with van der Waals surface area (Å²) in [5.41, 5.74) is 2.97. The fourth-order valence-corrected chi connectivity index (χ4v) is 5.98. The van der Waals surface area contributed by atoms with Crippen molar-refractivity contribution in [1.29, 1.82) is 0 Å². The van der Waals surface area contributed by atoms with Crippen molar-refractivity contribution >= 4 is 27.7 Å². The van der Waals surface area contributed by atoms with Crippen molar-refractivity contribution in [2.45, 2.75) is 32.1 Å². The maximum Gasteiger partial charge on any atom is 0.246 e. The first-order valence-electron chi connectivity index (χ1n) is 11.1.